The van der Waals surface area contributed by atoms with Crippen molar-refractivity contribution in [2.24, 2.45) is 0 Å². The van der Waals surface area contributed by atoms with Crippen LogP contribution >= 0.6 is 0 Å². The van der Waals surface area contributed by atoms with Crippen LogP contribution in [0, 0.1) is 11.3 Å². The minimum atomic E-state index is -0.119. The first-order valence-electron chi connectivity index (χ1n) is 11.4. The topological polar surface area (TPSA) is 82.2 Å². The molecule has 1 amide bonds. The highest BCUT2D eigenvalue weighted by atomic mass is 16.4. The Morgan fingerprint density at radius 2 is 1.68 bits per heavy atom. The molecule has 1 fully saturated rings. The molecule has 1 saturated heterocycles. The summed E-state index contributed by atoms with van der Waals surface area (Å²) in [5.74, 6) is 0.980. The van der Waals surface area contributed by atoms with Gasteiger partial charge in [0.1, 0.15) is 0 Å². The minimum Gasteiger partial charge on any atom is -0.436 e. The molecule has 6 nitrogen and oxygen atoms in total. The van der Waals surface area contributed by atoms with Gasteiger partial charge >= 0.3 is 0 Å². The first-order chi connectivity index (χ1) is 16.7. The number of oxazole rings is 1. The number of amides is 1. The van der Waals surface area contributed by atoms with Crippen molar-refractivity contribution in [3.8, 4) is 28.8 Å². The molecular formula is C28H24N4O2. The van der Waals surface area contributed by atoms with Crippen molar-refractivity contribution in [2.45, 2.75) is 18.9 Å². The first-order valence-corrected chi connectivity index (χ1v) is 11.4. The predicted molar refractivity (Wildman–Crippen MR) is 131 cm³/mol. The van der Waals surface area contributed by atoms with Crippen molar-refractivity contribution in [1.29, 1.82) is 5.26 Å². The van der Waals surface area contributed by atoms with Crippen LogP contribution in [0.4, 0.5) is 5.69 Å². The average Bonchev–Trinajstić information content (AvgIpc) is 3.40. The third-order valence-corrected chi connectivity index (χ3v) is 6.16. The molecule has 0 atom stereocenters. The molecular weight excluding hydrogens is 424 g/mol. The van der Waals surface area contributed by atoms with E-state index in [0.717, 1.165) is 37.2 Å². The Balaban J connectivity index is 1.26. The molecule has 6 heteroatoms. The maximum absolute atomic E-state index is 13.2. The van der Waals surface area contributed by atoms with Gasteiger partial charge in [0.25, 0.3) is 5.91 Å². The van der Waals surface area contributed by atoms with Crippen LogP contribution in [-0.4, -0.2) is 30.0 Å². The molecule has 1 aliphatic heterocycles. The van der Waals surface area contributed by atoms with E-state index in [-0.39, 0.29) is 11.9 Å². The van der Waals surface area contributed by atoms with E-state index < -0.39 is 0 Å². The molecule has 4 aromatic rings. The molecule has 0 unspecified atom stereocenters. The number of piperidine rings is 1. The van der Waals surface area contributed by atoms with Crippen LogP contribution in [0.25, 0.3) is 22.8 Å². The lowest BCUT2D eigenvalue weighted by Crippen LogP contribution is -2.44. The van der Waals surface area contributed by atoms with Crippen molar-refractivity contribution >= 4 is 11.6 Å². The van der Waals surface area contributed by atoms with Gasteiger partial charge in [-0.1, -0.05) is 42.5 Å². The Bertz CT molecular complexity index is 1310. The van der Waals surface area contributed by atoms with Crippen LogP contribution in [0.3, 0.4) is 0 Å². The Hall–Kier alpha value is -4.37. The van der Waals surface area contributed by atoms with Gasteiger partial charge < -0.3 is 14.6 Å². The van der Waals surface area contributed by atoms with Gasteiger partial charge in [0.05, 0.1) is 23.4 Å². The second kappa shape index (κ2) is 9.63. The van der Waals surface area contributed by atoms with E-state index in [0.29, 0.717) is 28.3 Å². The second-order valence-electron chi connectivity index (χ2n) is 8.33. The van der Waals surface area contributed by atoms with Crippen LogP contribution in [-0.2, 0) is 0 Å². The third-order valence-electron chi connectivity index (χ3n) is 6.16. The maximum Gasteiger partial charge on any atom is 0.252 e. The molecule has 1 aliphatic rings. The van der Waals surface area contributed by atoms with E-state index in [4.69, 9.17) is 9.68 Å². The van der Waals surface area contributed by atoms with Gasteiger partial charge in [-0.2, -0.15) is 5.26 Å². The third kappa shape index (κ3) is 4.55. The number of nitriles is 1. The zero-order valence-corrected chi connectivity index (χ0v) is 18.6. The van der Waals surface area contributed by atoms with Crippen molar-refractivity contribution in [3.63, 3.8) is 0 Å². The van der Waals surface area contributed by atoms with E-state index in [9.17, 15) is 4.79 Å². The van der Waals surface area contributed by atoms with E-state index in [2.05, 4.69) is 21.3 Å². The minimum absolute atomic E-state index is 0.0969. The lowest BCUT2D eigenvalue weighted by Gasteiger charge is -2.34. The molecule has 168 valence electrons. The number of carbonyl (C=O) groups is 1. The molecule has 34 heavy (non-hydrogen) atoms. The normalized spacial score (nSPS) is 13.9. The fourth-order valence-electron chi connectivity index (χ4n) is 4.29. The van der Waals surface area contributed by atoms with Crippen LogP contribution in [0.5, 0.6) is 0 Å². The summed E-state index contributed by atoms with van der Waals surface area (Å²) in [7, 11) is 0. The lowest BCUT2D eigenvalue weighted by molar-refractivity contribution is 0.0931. The van der Waals surface area contributed by atoms with Gasteiger partial charge in [-0.15, -0.1) is 0 Å². The maximum atomic E-state index is 13.2. The summed E-state index contributed by atoms with van der Waals surface area (Å²) in [6.07, 6.45) is 3.40. The number of benzene rings is 3. The van der Waals surface area contributed by atoms with E-state index in [1.54, 1.807) is 6.20 Å². The SMILES string of the molecule is N#Cc1ccc(N2CCC(NC(=O)c3ccccc3-c3ncc(-c4ccccc4)o3)CC2)cc1. The standard InChI is InChI=1S/C28H24N4O2/c29-18-20-10-12-23(13-11-20)32-16-14-22(15-17-32)31-27(33)24-8-4-5-9-25(24)28-30-19-26(34-28)21-6-2-1-3-7-21/h1-13,19,22H,14-17H2,(H,31,33). The molecule has 2 heterocycles. The molecule has 5 rings (SSSR count). The quantitative estimate of drug-likeness (QED) is 0.449. The average molecular weight is 449 g/mol. The monoisotopic (exact) mass is 448 g/mol. The van der Waals surface area contributed by atoms with Crippen LogP contribution in [0.2, 0.25) is 0 Å². The number of nitrogens with zero attached hydrogens (tertiary/aromatic N) is 3. The van der Waals surface area contributed by atoms with Gasteiger partial charge in [-0.3, -0.25) is 4.79 Å². The van der Waals surface area contributed by atoms with E-state index in [1.165, 1.54) is 0 Å². The first kappa shape index (κ1) is 21.5. The number of aromatic nitrogens is 1. The highest BCUT2D eigenvalue weighted by Crippen LogP contribution is 2.28. The summed E-state index contributed by atoms with van der Waals surface area (Å²) in [5.41, 5.74) is 3.94. The van der Waals surface area contributed by atoms with Gasteiger partial charge in [-0.25, -0.2) is 4.98 Å². The van der Waals surface area contributed by atoms with Gasteiger partial charge in [0.2, 0.25) is 5.89 Å². The number of carbonyl (C=O) groups excluding carboxylic acids is 1. The molecule has 0 radical (unpaired) electrons. The molecule has 1 aromatic heterocycles. The molecule has 0 spiro atoms. The van der Waals surface area contributed by atoms with E-state index in [1.807, 2.05) is 78.9 Å². The highest BCUT2D eigenvalue weighted by Gasteiger charge is 2.23. The molecule has 0 aliphatic carbocycles. The summed E-state index contributed by atoms with van der Waals surface area (Å²) < 4.78 is 6.00. The zero-order valence-electron chi connectivity index (χ0n) is 18.6. The Morgan fingerprint density at radius 3 is 2.41 bits per heavy atom. The van der Waals surface area contributed by atoms with Gasteiger partial charge in [0, 0.05) is 35.9 Å². The van der Waals surface area contributed by atoms with Gasteiger partial charge in [-0.05, 0) is 49.2 Å². The van der Waals surface area contributed by atoms with Crippen molar-refractivity contribution in [1.82, 2.24) is 10.3 Å². The van der Waals surface area contributed by atoms with E-state index >= 15 is 0 Å². The second-order valence-corrected chi connectivity index (χ2v) is 8.33. The largest absolute Gasteiger partial charge is 0.436 e. The van der Waals surface area contributed by atoms with Crippen LogP contribution < -0.4 is 10.2 Å². The van der Waals surface area contributed by atoms with Crippen LogP contribution in [0.15, 0.2) is 89.5 Å². The number of nitrogens with one attached hydrogen (secondary N) is 1. The number of rotatable bonds is 5. The summed E-state index contributed by atoms with van der Waals surface area (Å²) in [5, 5.41) is 12.2. The molecule has 0 saturated carbocycles. The predicted octanol–water partition coefficient (Wildman–Crippen LogP) is 5.28. The van der Waals surface area contributed by atoms with Crippen molar-refractivity contribution in [3.05, 3.63) is 96.2 Å². The zero-order chi connectivity index (χ0) is 23.3. The fourth-order valence-corrected chi connectivity index (χ4v) is 4.29. The van der Waals surface area contributed by atoms with Crippen molar-refractivity contribution in [2.75, 3.05) is 18.0 Å². The van der Waals surface area contributed by atoms with Crippen molar-refractivity contribution < 1.29 is 9.21 Å². The van der Waals surface area contributed by atoms with Gasteiger partial charge in [0.15, 0.2) is 5.76 Å². The summed E-state index contributed by atoms with van der Waals surface area (Å²) in [6, 6.07) is 27.1. The Labute approximate surface area is 198 Å². The summed E-state index contributed by atoms with van der Waals surface area (Å²) in [4.78, 5) is 19.9. The summed E-state index contributed by atoms with van der Waals surface area (Å²) >= 11 is 0. The molecule has 3 aromatic carbocycles. The lowest BCUT2D eigenvalue weighted by atomic mass is 10.0. The van der Waals surface area contributed by atoms with Crippen LogP contribution in [0.1, 0.15) is 28.8 Å². The summed E-state index contributed by atoms with van der Waals surface area (Å²) in [6.45, 7) is 1.69. The number of hydrogen-bond donors (Lipinski definition) is 1. The smallest absolute Gasteiger partial charge is 0.252 e. The number of anilines is 1. The fraction of sp³-hybridized carbons (Fsp3) is 0.179. The highest BCUT2D eigenvalue weighted by molar-refractivity contribution is 6.00. The molecule has 1 N–H and O–H groups in total. The Kier molecular flexibility index (Phi) is 6.09. The molecule has 0 bridgehead atoms. The number of hydrogen-bond acceptors (Lipinski definition) is 5. The Morgan fingerprint density at radius 1 is 0.971 bits per heavy atom.